The number of benzene rings is 2. The number of aromatic hydroxyl groups is 1. The number of hydrogen-bond donors (Lipinski definition) is 2. The number of rotatable bonds is 2. The molecule has 0 saturated carbocycles. The first-order valence-electron chi connectivity index (χ1n) is 5.53. The summed E-state index contributed by atoms with van der Waals surface area (Å²) < 4.78 is 1.60. The molecule has 0 aliphatic carbocycles. The van der Waals surface area contributed by atoms with E-state index in [0.717, 1.165) is 10.0 Å². The van der Waals surface area contributed by atoms with E-state index in [1.54, 1.807) is 31.2 Å². The fourth-order valence-corrected chi connectivity index (χ4v) is 2.79. The maximum absolute atomic E-state index is 12.1. The lowest BCUT2D eigenvalue weighted by atomic mass is 10.2. The van der Waals surface area contributed by atoms with Gasteiger partial charge in [-0.05, 0) is 52.7 Å². The Kier molecular flexibility index (Phi) is 4.27. The fourth-order valence-electron chi connectivity index (χ4n) is 1.56. The molecule has 2 aromatic rings. The zero-order valence-corrected chi connectivity index (χ0v) is 13.2. The second-order valence-electron chi connectivity index (χ2n) is 4.08. The van der Waals surface area contributed by atoms with Crippen molar-refractivity contribution < 1.29 is 9.90 Å². The van der Waals surface area contributed by atoms with Crippen LogP contribution in [0, 0.1) is 6.92 Å². The molecule has 3 nitrogen and oxygen atoms in total. The lowest BCUT2D eigenvalue weighted by Crippen LogP contribution is -2.12. The summed E-state index contributed by atoms with van der Waals surface area (Å²) in [6, 6.07) is 10.4. The van der Waals surface area contributed by atoms with Gasteiger partial charge >= 0.3 is 0 Å². The molecule has 0 aromatic heterocycles. The molecule has 0 aliphatic heterocycles. The SMILES string of the molecule is Cc1ccc(NC(=O)c2ccc(Br)cc2Br)cc1O. The van der Waals surface area contributed by atoms with E-state index in [1.165, 1.54) is 6.07 Å². The molecule has 19 heavy (non-hydrogen) atoms. The van der Waals surface area contributed by atoms with Gasteiger partial charge in [0, 0.05) is 20.7 Å². The Hall–Kier alpha value is -1.33. The minimum atomic E-state index is -0.234. The highest BCUT2D eigenvalue weighted by Crippen LogP contribution is 2.24. The van der Waals surface area contributed by atoms with Crippen molar-refractivity contribution in [2.75, 3.05) is 5.32 Å². The molecule has 5 heteroatoms. The van der Waals surface area contributed by atoms with Crippen LogP contribution in [0.25, 0.3) is 0 Å². The molecule has 1 amide bonds. The predicted molar refractivity (Wildman–Crippen MR) is 82.6 cm³/mol. The van der Waals surface area contributed by atoms with Crippen LogP contribution in [0.1, 0.15) is 15.9 Å². The van der Waals surface area contributed by atoms with Crippen LogP contribution in [0.4, 0.5) is 5.69 Å². The van der Waals surface area contributed by atoms with Crippen LogP contribution in [-0.4, -0.2) is 11.0 Å². The van der Waals surface area contributed by atoms with Gasteiger partial charge in [-0.2, -0.15) is 0 Å². The molecule has 0 bridgehead atoms. The van der Waals surface area contributed by atoms with Crippen molar-refractivity contribution in [2.24, 2.45) is 0 Å². The first kappa shape index (κ1) is 14.1. The number of carbonyl (C=O) groups is 1. The van der Waals surface area contributed by atoms with Crippen LogP contribution in [0.15, 0.2) is 45.3 Å². The van der Waals surface area contributed by atoms with Gasteiger partial charge in [-0.1, -0.05) is 22.0 Å². The van der Waals surface area contributed by atoms with Crippen LogP contribution in [0.2, 0.25) is 0 Å². The van der Waals surface area contributed by atoms with Gasteiger partial charge in [-0.15, -0.1) is 0 Å². The maximum Gasteiger partial charge on any atom is 0.256 e. The molecule has 0 heterocycles. The number of carbonyl (C=O) groups excluding carboxylic acids is 1. The quantitative estimate of drug-likeness (QED) is 0.801. The van der Waals surface area contributed by atoms with Crippen molar-refractivity contribution in [1.82, 2.24) is 0 Å². The Bertz CT molecular complexity index is 641. The number of phenols is 1. The summed E-state index contributed by atoms with van der Waals surface area (Å²) in [6.07, 6.45) is 0. The van der Waals surface area contributed by atoms with Gasteiger partial charge in [0.2, 0.25) is 0 Å². The Balaban J connectivity index is 2.23. The highest BCUT2D eigenvalue weighted by Gasteiger charge is 2.11. The minimum absolute atomic E-state index is 0.160. The molecule has 0 unspecified atom stereocenters. The van der Waals surface area contributed by atoms with E-state index in [9.17, 15) is 9.90 Å². The third-order valence-corrected chi connectivity index (χ3v) is 3.79. The molecule has 2 aromatic carbocycles. The summed E-state index contributed by atoms with van der Waals surface area (Å²) in [7, 11) is 0. The average Bonchev–Trinajstić information content (AvgIpc) is 2.33. The van der Waals surface area contributed by atoms with Crippen molar-refractivity contribution in [3.8, 4) is 5.75 Å². The molecular weight excluding hydrogens is 374 g/mol. The second-order valence-corrected chi connectivity index (χ2v) is 5.85. The van der Waals surface area contributed by atoms with Gasteiger partial charge < -0.3 is 10.4 Å². The molecule has 0 atom stereocenters. The number of anilines is 1. The first-order chi connectivity index (χ1) is 8.97. The van der Waals surface area contributed by atoms with Gasteiger partial charge in [-0.25, -0.2) is 0 Å². The lowest BCUT2D eigenvalue weighted by Gasteiger charge is -2.08. The molecule has 0 spiro atoms. The van der Waals surface area contributed by atoms with Crippen molar-refractivity contribution >= 4 is 43.5 Å². The van der Waals surface area contributed by atoms with Crippen LogP contribution in [0.5, 0.6) is 5.75 Å². The van der Waals surface area contributed by atoms with Crippen LogP contribution in [-0.2, 0) is 0 Å². The van der Waals surface area contributed by atoms with Gasteiger partial charge in [0.15, 0.2) is 0 Å². The summed E-state index contributed by atoms with van der Waals surface area (Å²) in [5.41, 5.74) is 1.86. The summed E-state index contributed by atoms with van der Waals surface area (Å²) in [5, 5.41) is 12.4. The van der Waals surface area contributed by atoms with Crippen molar-refractivity contribution in [3.05, 3.63) is 56.5 Å². The second kappa shape index (κ2) is 5.75. The van der Waals surface area contributed by atoms with Crippen LogP contribution < -0.4 is 5.32 Å². The first-order valence-corrected chi connectivity index (χ1v) is 7.12. The van der Waals surface area contributed by atoms with E-state index in [4.69, 9.17) is 0 Å². The molecule has 0 saturated heterocycles. The smallest absolute Gasteiger partial charge is 0.256 e. The van der Waals surface area contributed by atoms with E-state index in [1.807, 2.05) is 6.07 Å². The standard InChI is InChI=1S/C14H11Br2NO2/c1-8-2-4-10(7-13(8)18)17-14(19)11-5-3-9(15)6-12(11)16/h2-7,18H,1H3,(H,17,19). The molecule has 98 valence electrons. The fraction of sp³-hybridized carbons (Fsp3) is 0.0714. The zero-order chi connectivity index (χ0) is 14.0. The van der Waals surface area contributed by atoms with Gasteiger partial charge in [0.25, 0.3) is 5.91 Å². The average molecular weight is 385 g/mol. The number of aryl methyl sites for hydroxylation is 1. The monoisotopic (exact) mass is 383 g/mol. The van der Waals surface area contributed by atoms with Crippen LogP contribution >= 0.6 is 31.9 Å². The summed E-state index contributed by atoms with van der Waals surface area (Å²) in [5.74, 6) is -0.0738. The number of amides is 1. The topological polar surface area (TPSA) is 49.3 Å². The predicted octanol–water partition coefficient (Wildman–Crippen LogP) is 4.48. The number of phenolic OH excluding ortho intramolecular Hbond substituents is 1. The minimum Gasteiger partial charge on any atom is -0.508 e. The highest BCUT2D eigenvalue weighted by molar-refractivity contribution is 9.11. The van der Waals surface area contributed by atoms with Crippen molar-refractivity contribution in [2.45, 2.75) is 6.92 Å². The maximum atomic E-state index is 12.1. The summed E-state index contributed by atoms with van der Waals surface area (Å²) >= 11 is 6.68. The van der Waals surface area contributed by atoms with E-state index < -0.39 is 0 Å². The van der Waals surface area contributed by atoms with Crippen LogP contribution in [0.3, 0.4) is 0 Å². The Morgan fingerprint density at radius 2 is 1.89 bits per heavy atom. The van der Waals surface area contributed by atoms with E-state index in [-0.39, 0.29) is 11.7 Å². The zero-order valence-electron chi connectivity index (χ0n) is 10.1. The summed E-state index contributed by atoms with van der Waals surface area (Å²) in [6.45, 7) is 1.80. The Labute approximate surface area is 127 Å². The van der Waals surface area contributed by atoms with Crippen molar-refractivity contribution in [3.63, 3.8) is 0 Å². The third-order valence-electron chi connectivity index (χ3n) is 2.64. The summed E-state index contributed by atoms with van der Waals surface area (Å²) in [4.78, 5) is 12.1. The Morgan fingerprint density at radius 1 is 1.16 bits per heavy atom. The van der Waals surface area contributed by atoms with E-state index in [0.29, 0.717) is 15.7 Å². The third kappa shape index (κ3) is 3.36. The molecule has 2 N–H and O–H groups in total. The number of hydrogen-bond acceptors (Lipinski definition) is 2. The van der Waals surface area contributed by atoms with Crippen molar-refractivity contribution in [1.29, 1.82) is 0 Å². The number of halogens is 2. The molecular formula is C14H11Br2NO2. The molecule has 0 fully saturated rings. The van der Waals surface area contributed by atoms with Gasteiger partial charge in [0.1, 0.15) is 5.75 Å². The largest absolute Gasteiger partial charge is 0.508 e. The molecule has 0 aliphatic rings. The van der Waals surface area contributed by atoms with E-state index in [2.05, 4.69) is 37.2 Å². The lowest BCUT2D eigenvalue weighted by molar-refractivity contribution is 0.102. The van der Waals surface area contributed by atoms with Gasteiger partial charge in [0.05, 0.1) is 5.56 Å². The molecule has 0 radical (unpaired) electrons. The number of nitrogens with one attached hydrogen (secondary N) is 1. The van der Waals surface area contributed by atoms with Gasteiger partial charge in [-0.3, -0.25) is 4.79 Å². The normalized spacial score (nSPS) is 10.3. The highest BCUT2D eigenvalue weighted by atomic mass is 79.9. The molecule has 2 rings (SSSR count). The van der Waals surface area contributed by atoms with E-state index >= 15 is 0 Å². The Morgan fingerprint density at radius 3 is 2.53 bits per heavy atom.